The summed E-state index contributed by atoms with van der Waals surface area (Å²) in [6, 6.07) is 18.0. The summed E-state index contributed by atoms with van der Waals surface area (Å²) in [5.41, 5.74) is 1.24. The zero-order valence-electron chi connectivity index (χ0n) is 16.5. The molecule has 2 aromatic carbocycles. The number of carbonyl (C=O) groups is 1. The number of nitrogens with zero attached hydrogens (tertiary/aromatic N) is 4. The molecule has 2 aliphatic heterocycles. The molecule has 7 heteroatoms. The van der Waals surface area contributed by atoms with Crippen molar-refractivity contribution in [2.75, 3.05) is 26.2 Å². The number of aromatic nitrogens is 2. The van der Waals surface area contributed by atoms with E-state index in [1.807, 2.05) is 47.4 Å². The largest absolute Gasteiger partial charge is 0.457 e. The molecule has 2 fully saturated rings. The van der Waals surface area contributed by atoms with Crippen LogP contribution < -0.4 is 4.74 Å². The normalized spacial score (nSPS) is 21.0. The maximum Gasteiger partial charge on any atom is 0.344 e. The van der Waals surface area contributed by atoms with Crippen molar-refractivity contribution in [3.63, 3.8) is 0 Å². The Morgan fingerprint density at radius 1 is 1.00 bits per heavy atom. The Bertz CT molecular complexity index is 1020. The van der Waals surface area contributed by atoms with E-state index in [0.29, 0.717) is 16.9 Å². The SMILES string of the molecule is O=C(N1CC2CN(Cc3cccc(Oc4ccccc4)c3)CC2C1)n1cc(Cl)cn1. The lowest BCUT2D eigenvalue weighted by atomic mass is 10.0. The van der Waals surface area contributed by atoms with E-state index in [9.17, 15) is 4.79 Å². The average molecular weight is 423 g/mol. The second kappa shape index (κ2) is 8.13. The van der Waals surface area contributed by atoms with Gasteiger partial charge >= 0.3 is 6.03 Å². The minimum absolute atomic E-state index is 0.0892. The molecule has 0 bridgehead atoms. The molecule has 2 saturated heterocycles. The van der Waals surface area contributed by atoms with E-state index >= 15 is 0 Å². The first-order chi connectivity index (χ1) is 14.6. The van der Waals surface area contributed by atoms with Crippen molar-refractivity contribution in [2.45, 2.75) is 6.54 Å². The number of carbonyl (C=O) groups excluding carboxylic acids is 1. The van der Waals surface area contributed by atoms with Gasteiger partial charge in [0.25, 0.3) is 0 Å². The number of halogens is 1. The second-order valence-electron chi connectivity index (χ2n) is 8.07. The van der Waals surface area contributed by atoms with Crippen LogP contribution in [0.3, 0.4) is 0 Å². The first-order valence-corrected chi connectivity index (χ1v) is 10.6. The van der Waals surface area contributed by atoms with E-state index < -0.39 is 0 Å². The molecule has 5 rings (SSSR count). The minimum Gasteiger partial charge on any atom is -0.457 e. The van der Waals surface area contributed by atoms with Crippen LogP contribution in [0, 0.1) is 11.8 Å². The third-order valence-electron chi connectivity index (χ3n) is 5.86. The number of ether oxygens (including phenoxy) is 1. The van der Waals surface area contributed by atoms with Gasteiger partial charge in [-0.2, -0.15) is 9.78 Å². The van der Waals surface area contributed by atoms with Crippen LogP contribution in [-0.2, 0) is 6.54 Å². The van der Waals surface area contributed by atoms with E-state index in [2.05, 4.69) is 22.1 Å². The molecule has 1 aromatic heterocycles. The van der Waals surface area contributed by atoms with Gasteiger partial charge in [0, 0.05) is 32.7 Å². The van der Waals surface area contributed by atoms with E-state index in [1.165, 1.54) is 16.4 Å². The van der Waals surface area contributed by atoms with Gasteiger partial charge in [-0.1, -0.05) is 41.9 Å². The number of para-hydroxylation sites is 1. The summed E-state index contributed by atoms with van der Waals surface area (Å²) in [7, 11) is 0. The maximum atomic E-state index is 12.6. The highest BCUT2D eigenvalue weighted by Gasteiger charge is 2.41. The van der Waals surface area contributed by atoms with Gasteiger partial charge in [-0.3, -0.25) is 4.90 Å². The third kappa shape index (κ3) is 4.06. The number of rotatable bonds is 4. The van der Waals surface area contributed by atoms with Crippen LogP contribution in [0.25, 0.3) is 0 Å². The Labute approximate surface area is 180 Å². The highest BCUT2D eigenvalue weighted by atomic mass is 35.5. The summed E-state index contributed by atoms with van der Waals surface area (Å²) in [5.74, 6) is 2.70. The lowest BCUT2D eigenvalue weighted by molar-refractivity contribution is 0.197. The Balaban J connectivity index is 1.17. The monoisotopic (exact) mass is 422 g/mol. The fraction of sp³-hybridized carbons (Fsp3) is 0.304. The molecule has 0 spiro atoms. The van der Waals surface area contributed by atoms with Crippen LogP contribution >= 0.6 is 11.6 Å². The fourth-order valence-corrected chi connectivity index (χ4v) is 4.65. The summed E-state index contributed by atoms with van der Waals surface area (Å²) >= 11 is 5.89. The standard InChI is InChI=1S/C23H23ClN4O2/c24-20-10-25-28(16-20)23(29)27-14-18-12-26(13-19(18)15-27)11-17-5-4-8-22(9-17)30-21-6-2-1-3-7-21/h1-10,16,18-19H,11-15H2. The van der Waals surface area contributed by atoms with E-state index in [-0.39, 0.29) is 6.03 Å². The lowest BCUT2D eigenvalue weighted by Gasteiger charge is -2.21. The second-order valence-corrected chi connectivity index (χ2v) is 8.50. The predicted octanol–water partition coefficient (Wildman–Crippen LogP) is 4.36. The maximum absolute atomic E-state index is 12.6. The Hall–Kier alpha value is -2.83. The molecule has 0 saturated carbocycles. The molecule has 30 heavy (non-hydrogen) atoms. The van der Waals surface area contributed by atoms with Gasteiger partial charge in [-0.05, 0) is 41.7 Å². The first kappa shape index (κ1) is 19.2. The molecular weight excluding hydrogens is 400 g/mol. The van der Waals surface area contributed by atoms with Gasteiger partial charge < -0.3 is 9.64 Å². The molecule has 0 radical (unpaired) electrons. The Morgan fingerprint density at radius 3 is 2.43 bits per heavy atom. The Kier molecular flexibility index (Phi) is 5.19. The summed E-state index contributed by atoms with van der Waals surface area (Å²) < 4.78 is 7.29. The van der Waals surface area contributed by atoms with Crippen LogP contribution in [0.2, 0.25) is 5.02 Å². The summed E-state index contributed by atoms with van der Waals surface area (Å²) in [6.07, 6.45) is 3.06. The van der Waals surface area contributed by atoms with Crippen molar-refractivity contribution in [1.82, 2.24) is 19.6 Å². The molecule has 3 aromatic rings. The third-order valence-corrected chi connectivity index (χ3v) is 6.06. The molecule has 2 aliphatic rings. The molecule has 1 amide bonds. The zero-order valence-corrected chi connectivity index (χ0v) is 17.3. The van der Waals surface area contributed by atoms with E-state index in [4.69, 9.17) is 16.3 Å². The molecular formula is C23H23ClN4O2. The van der Waals surface area contributed by atoms with Crippen molar-refractivity contribution in [3.05, 3.63) is 77.6 Å². The zero-order chi connectivity index (χ0) is 20.5. The number of hydrogen-bond acceptors (Lipinski definition) is 4. The van der Waals surface area contributed by atoms with Gasteiger partial charge in [-0.25, -0.2) is 4.79 Å². The van der Waals surface area contributed by atoms with Crippen LogP contribution in [0.4, 0.5) is 4.79 Å². The lowest BCUT2D eigenvalue weighted by Crippen LogP contribution is -2.36. The molecule has 154 valence electrons. The molecule has 2 unspecified atom stereocenters. The molecule has 0 N–H and O–H groups in total. The summed E-state index contributed by atoms with van der Waals surface area (Å²) in [6.45, 7) is 4.43. The van der Waals surface area contributed by atoms with Crippen LogP contribution in [-0.4, -0.2) is 51.8 Å². The van der Waals surface area contributed by atoms with Gasteiger partial charge in [0.15, 0.2) is 0 Å². The molecule has 3 heterocycles. The smallest absolute Gasteiger partial charge is 0.344 e. The summed E-state index contributed by atoms with van der Waals surface area (Å²) in [4.78, 5) is 17.0. The van der Waals surface area contributed by atoms with Crippen molar-refractivity contribution >= 4 is 17.6 Å². The Morgan fingerprint density at radius 2 is 1.73 bits per heavy atom. The minimum atomic E-state index is -0.0892. The topological polar surface area (TPSA) is 50.6 Å². The molecule has 2 atom stereocenters. The predicted molar refractivity (Wildman–Crippen MR) is 115 cm³/mol. The fourth-order valence-electron chi connectivity index (χ4n) is 4.52. The molecule has 6 nitrogen and oxygen atoms in total. The number of fused-ring (bicyclic) bond motifs is 1. The van der Waals surface area contributed by atoms with Crippen LogP contribution in [0.1, 0.15) is 5.56 Å². The average Bonchev–Trinajstić information content (AvgIpc) is 3.43. The summed E-state index contributed by atoms with van der Waals surface area (Å²) in [5, 5.41) is 4.51. The highest BCUT2D eigenvalue weighted by molar-refractivity contribution is 6.30. The van der Waals surface area contributed by atoms with E-state index in [0.717, 1.165) is 44.2 Å². The number of benzene rings is 2. The van der Waals surface area contributed by atoms with Gasteiger partial charge in [0.05, 0.1) is 17.4 Å². The number of hydrogen-bond donors (Lipinski definition) is 0. The first-order valence-electron chi connectivity index (χ1n) is 10.2. The highest BCUT2D eigenvalue weighted by Crippen LogP contribution is 2.33. The van der Waals surface area contributed by atoms with Gasteiger partial charge in [0.2, 0.25) is 0 Å². The van der Waals surface area contributed by atoms with E-state index in [1.54, 1.807) is 6.20 Å². The number of likely N-dealkylation sites (tertiary alicyclic amines) is 2. The van der Waals surface area contributed by atoms with Crippen LogP contribution in [0.15, 0.2) is 67.0 Å². The van der Waals surface area contributed by atoms with Gasteiger partial charge in [0.1, 0.15) is 11.5 Å². The van der Waals surface area contributed by atoms with Gasteiger partial charge in [-0.15, -0.1) is 0 Å². The van der Waals surface area contributed by atoms with Crippen LogP contribution in [0.5, 0.6) is 11.5 Å². The molecule has 0 aliphatic carbocycles. The quantitative estimate of drug-likeness (QED) is 0.626. The number of amides is 1. The van der Waals surface area contributed by atoms with Crippen molar-refractivity contribution < 1.29 is 9.53 Å². The van der Waals surface area contributed by atoms with Crippen molar-refractivity contribution in [2.24, 2.45) is 11.8 Å². The van der Waals surface area contributed by atoms with Crippen molar-refractivity contribution in [3.8, 4) is 11.5 Å². The van der Waals surface area contributed by atoms with Crippen molar-refractivity contribution in [1.29, 1.82) is 0 Å².